The molecule has 0 atom stereocenters. The van der Waals surface area contributed by atoms with Crippen molar-refractivity contribution in [2.24, 2.45) is 0 Å². The fraction of sp³-hybridized carbons (Fsp3) is 0.222. The number of hydrogen-bond donors (Lipinski definition) is 0. The summed E-state index contributed by atoms with van der Waals surface area (Å²) in [5.74, 6) is 0. The standard InChI is InChI=1S/C18H21N/c1-19(2)15-9-14-18(16-10-5-3-6-11-16)17-12-7-4-8-13-17/h3-8,10-14H,9,15H2,1-2H3. The van der Waals surface area contributed by atoms with Gasteiger partial charge in [0.25, 0.3) is 0 Å². The predicted molar refractivity (Wildman–Crippen MR) is 83.1 cm³/mol. The van der Waals surface area contributed by atoms with Gasteiger partial charge in [-0.25, -0.2) is 0 Å². The van der Waals surface area contributed by atoms with Gasteiger partial charge in [-0.1, -0.05) is 66.7 Å². The second-order valence-corrected chi connectivity index (χ2v) is 4.94. The van der Waals surface area contributed by atoms with Gasteiger partial charge in [-0.05, 0) is 37.2 Å². The van der Waals surface area contributed by atoms with Crippen LogP contribution >= 0.6 is 0 Å². The third kappa shape index (κ3) is 4.08. The van der Waals surface area contributed by atoms with Gasteiger partial charge < -0.3 is 4.90 Å². The van der Waals surface area contributed by atoms with Gasteiger partial charge in [0.05, 0.1) is 0 Å². The Bertz CT molecular complexity index is 470. The van der Waals surface area contributed by atoms with Crippen molar-refractivity contribution in [3.05, 3.63) is 77.9 Å². The van der Waals surface area contributed by atoms with Crippen molar-refractivity contribution in [1.29, 1.82) is 0 Å². The van der Waals surface area contributed by atoms with Crippen molar-refractivity contribution in [1.82, 2.24) is 4.90 Å². The molecule has 0 aliphatic rings. The molecule has 2 aromatic carbocycles. The zero-order chi connectivity index (χ0) is 13.5. The minimum absolute atomic E-state index is 1.06. The lowest BCUT2D eigenvalue weighted by molar-refractivity contribution is 0.417. The summed E-state index contributed by atoms with van der Waals surface area (Å²) in [5.41, 5.74) is 3.89. The Morgan fingerprint density at radius 3 is 1.74 bits per heavy atom. The molecule has 0 bridgehead atoms. The number of rotatable bonds is 5. The quantitative estimate of drug-likeness (QED) is 0.774. The Labute approximate surface area is 116 Å². The van der Waals surface area contributed by atoms with Crippen LogP contribution in [0.4, 0.5) is 0 Å². The molecule has 1 heteroatoms. The maximum absolute atomic E-state index is 2.34. The summed E-state index contributed by atoms with van der Waals surface area (Å²) >= 11 is 0. The van der Waals surface area contributed by atoms with Crippen molar-refractivity contribution in [2.45, 2.75) is 6.42 Å². The molecule has 0 spiro atoms. The Kier molecular flexibility index (Phi) is 4.93. The summed E-state index contributed by atoms with van der Waals surface area (Å²) in [7, 11) is 4.22. The predicted octanol–water partition coefficient (Wildman–Crippen LogP) is 4.07. The minimum atomic E-state index is 1.06. The van der Waals surface area contributed by atoms with Crippen LogP contribution in [-0.4, -0.2) is 25.5 Å². The van der Waals surface area contributed by atoms with Crippen LogP contribution in [0.15, 0.2) is 66.7 Å². The van der Waals surface area contributed by atoms with E-state index in [-0.39, 0.29) is 0 Å². The monoisotopic (exact) mass is 251 g/mol. The SMILES string of the molecule is CN(C)CCC=C(c1ccccc1)c1ccccc1. The molecule has 19 heavy (non-hydrogen) atoms. The van der Waals surface area contributed by atoms with Gasteiger partial charge in [-0.3, -0.25) is 0 Å². The first kappa shape index (κ1) is 13.6. The average molecular weight is 251 g/mol. The summed E-state index contributed by atoms with van der Waals surface area (Å²) < 4.78 is 0. The third-order valence-corrected chi connectivity index (χ3v) is 3.09. The molecule has 0 heterocycles. The number of nitrogens with zero attached hydrogens (tertiary/aromatic N) is 1. The second-order valence-electron chi connectivity index (χ2n) is 4.94. The van der Waals surface area contributed by atoms with E-state index < -0.39 is 0 Å². The third-order valence-electron chi connectivity index (χ3n) is 3.09. The van der Waals surface area contributed by atoms with E-state index in [1.54, 1.807) is 0 Å². The fourth-order valence-electron chi connectivity index (χ4n) is 2.10. The summed E-state index contributed by atoms with van der Waals surface area (Å²) in [6.07, 6.45) is 3.40. The Morgan fingerprint density at radius 2 is 1.32 bits per heavy atom. The van der Waals surface area contributed by atoms with E-state index in [9.17, 15) is 0 Å². The van der Waals surface area contributed by atoms with Gasteiger partial charge in [-0.15, -0.1) is 0 Å². The van der Waals surface area contributed by atoms with E-state index in [1.165, 1.54) is 16.7 Å². The maximum atomic E-state index is 2.34. The van der Waals surface area contributed by atoms with Crippen LogP contribution in [-0.2, 0) is 0 Å². The highest BCUT2D eigenvalue weighted by molar-refractivity contribution is 5.79. The molecular weight excluding hydrogens is 230 g/mol. The smallest absolute Gasteiger partial charge is 0.00101 e. The molecule has 0 aliphatic heterocycles. The second kappa shape index (κ2) is 6.91. The van der Waals surface area contributed by atoms with E-state index in [0.29, 0.717) is 0 Å². The van der Waals surface area contributed by atoms with Crippen molar-refractivity contribution < 1.29 is 0 Å². The summed E-state index contributed by atoms with van der Waals surface area (Å²) in [5, 5.41) is 0. The molecule has 2 aromatic rings. The summed E-state index contributed by atoms with van der Waals surface area (Å²) in [6.45, 7) is 1.07. The molecule has 0 amide bonds. The van der Waals surface area contributed by atoms with Crippen LogP contribution in [0.3, 0.4) is 0 Å². The molecule has 0 aliphatic carbocycles. The van der Waals surface area contributed by atoms with Gasteiger partial charge in [0.15, 0.2) is 0 Å². The molecule has 2 rings (SSSR count). The van der Waals surface area contributed by atoms with E-state index in [0.717, 1.165) is 13.0 Å². The van der Waals surface area contributed by atoms with Gasteiger partial charge in [-0.2, -0.15) is 0 Å². The lowest BCUT2D eigenvalue weighted by Gasteiger charge is -2.11. The summed E-state index contributed by atoms with van der Waals surface area (Å²) in [4.78, 5) is 2.21. The van der Waals surface area contributed by atoms with E-state index in [1.807, 2.05) is 0 Å². The average Bonchev–Trinajstić information content (AvgIpc) is 2.45. The van der Waals surface area contributed by atoms with Crippen LogP contribution in [0.2, 0.25) is 0 Å². The van der Waals surface area contributed by atoms with E-state index in [2.05, 4.69) is 85.7 Å². The molecule has 0 saturated carbocycles. The highest BCUT2D eigenvalue weighted by Crippen LogP contribution is 2.23. The van der Waals surface area contributed by atoms with Gasteiger partial charge in [0, 0.05) is 6.54 Å². The van der Waals surface area contributed by atoms with Gasteiger partial charge in [0.2, 0.25) is 0 Å². The largest absolute Gasteiger partial charge is 0.309 e. The Hall–Kier alpha value is -1.86. The van der Waals surface area contributed by atoms with Gasteiger partial charge >= 0.3 is 0 Å². The Balaban J connectivity index is 2.29. The first-order chi connectivity index (χ1) is 9.27. The topological polar surface area (TPSA) is 3.24 Å². The molecule has 98 valence electrons. The molecule has 0 radical (unpaired) electrons. The lowest BCUT2D eigenvalue weighted by Crippen LogP contribution is -2.12. The lowest BCUT2D eigenvalue weighted by atomic mass is 9.97. The number of hydrogen-bond acceptors (Lipinski definition) is 1. The molecule has 0 aromatic heterocycles. The number of benzene rings is 2. The zero-order valence-corrected chi connectivity index (χ0v) is 11.7. The molecular formula is C18H21N. The molecule has 0 saturated heterocycles. The highest BCUT2D eigenvalue weighted by Gasteiger charge is 2.03. The molecule has 0 unspecified atom stereocenters. The van der Waals surface area contributed by atoms with Crippen LogP contribution in [0.5, 0.6) is 0 Å². The van der Waals surface area contributed by atoms with E-state index >= 15 is 0 Å². The van der Waals surface area contributed by atoms with Gasteiger partial charge in [0.1, 0.15) is 0 Å². The summed E-state index contributed by atoms with van der Waals surface area (Å²) in [6, 6.07) is 21.2. The normalized spacial score (nSPS) is 10.5. The maximum Gasteiger partial charge on any atom is 0.00101 e. The zero-order valence-electron chi connectivity index (χ0n) is 11.7. The van der Waals surface area contributed by atoms with Crippen molar-refractivity contribution in [2.75, 3.05) is 20.6 Å². The molecule has 0 N–H and O–H groups in total. The Morgan fingerprint density at radius 1 is 0.842 bits per heavy atom. The van der Waals surface area contributed by atoms with Crippen LogP contribution < -0.4 is 0 Å². The van der Waals surface area contributed by atoms with Crippen molar-refractivity contribution in [3.63, 3.8) is 0 Å². The van der Waals surface area contributed by atoms with Crippen molar-refractivity contribution >= 4 is 5.57 Å². The van der Waals surface area contributed by atoms with Crippen molar-refractivity contribution in [3.8, 4) is 0 Å². The van der Waals surface area contributed by atoms with Crippen LogP contribution in [0.25, 0.3) is 5.57 Å². The first-order valence-corrected chi connectivity index (χ1v) is 6.73. The van der Waals surface area contributed by atoms with E-state index in [4.69, 9.17) is 0 Å². The highest BCUT2D eigenvalue weighted by atomic mass is 15.0. The fourth-order valence-corrected chi connectivity index (χ4v) is 2.10. The minimum Gasteiger partial charge on any atom is -0.309 e. The molecule has 0 fully saturated rings. The van der Waals surface area contributed by atoms with Crippen LogP contribution in [0.1, 0.15) is 17.5 Å². The first-order valence-electron chi connectivity index (χ1n) is 6.73. The van der Waals surface area contributed by atoms with Crippen LogP contribution in [0, 0.1) is 0 Å². The molecule has 1 nitrogen and oxygen atoms in total.